The molecule has 5 nitrogen and oxygen atoms in total. The number of nitrogens with zero attached hydrogens (tertiary/aromatic N) is 1. The molecule has 0 aromatic heterocycles. The Morgan fingerprint density at radius 2 is 2.24 bits per heavy atom. The third-order valence-electron chi connectivity index (χ3n) is 4.31. The third-order valence-corrected chi connectivity index (χ3v) is 4.31. The second kappa shape index (κ2) is 4.29. The predicted molar refractivity (Wildman–Crippen MR) is 60.5 cm³/mol. The molecule has 1 aliphatic carbocycles. The van der Waals surface area contributed by atoms with Crippen LogP contribution in [-0.4, -0.2) is 48.2 Å². The van der Waals surface area contributed by atoms with Crippen molar-refractivity contribution < 1.29 is 19.4 Å². The number of carboxylic acid groups (broad SMARTS) is 1. The number of fused-ring (bicyclic) bond motifs is 1. The standard InChI is InChI=1S/C12H19NO4/c1-8(17-2)10(14)13-6-9-4-3-5-12(9,7-13)11(15)16/h8-9H,3-7H2,1-2H3,(H,15,16)/t8?,9-,12+/m0/s1. The topological polar surface area (TPSA) is 66.8 Å². The fourth-order valence-electron chi connectivity index (χ4n) is 3.16. The Bertz CT molecular complexity index is 343. The van der Waals surface area contributed by atoms with Crippen LogP contribution >= 0.6 is 0 Å². The lowest BCUT2D eigenvalue weighted by Gasteiger charge is -2.24. The van der Waals surface area contributed by atoms with Gasteiger partial charge in [0, 0.05) is 20.2 Å². The lowest BCUT2D eigenvalue weighted by molar-refractivity contribution is -0.150. The summed E-state index contributed by atoms with van der Waals surface area (Å²) in [5, 5.41) is 9.40. The number of carbonyl (C=O) groups is 2. The average molecular weight is 241 g/mol. The molecule has 0 bridgehead atoms. The molecule has 3 atom stereocenters. The van der Waals surface area contributed by atoms with Gasteiger partial charge in [-0.25, -0.2) is 0 Å². The zero-order valence-electron chi connectivity index (χ0n) is 10.3. The number of hydrogen-bond donors (Lipinski definition) is 1. The van der Waals surface area contributed by atoms with Gasteiger partial charge in [-0.2, -0.15) is 0 Å². The van der Waals surface area contributed by atoms with Crippen molar-refractivity contribution in [2.75, 3.05) is 20.2 Å². The summed E-state index contributed by atoms with van der Waals surface area (Å²) in [6, 6.07) is 0. The number of aliphatic carboxylic acids is 1. The lowest BCUT2D eigenvalue weighted by atomic mass is 9.81. The smallest absolute Gasteiger partial charge is 0.311 e. The summed E-state index contributed by atoms with van der Waals surface area (Å²) in [5.74, 6) is -0.726. The van der Waals surface area contributed by atoms with Crippen molar-refractivity contribution in [1.82, 2.24) is 4.90 Å². The van der Waals surface area contributed by atoms with Crippen molar-refractivity contribution in [3.8, 4) is 0 Å². The van der Waals surface area contributed by atoms with Crippen LogP contribution in [0.5, 0.6) is 0 Å². The number of likely N-dealkylation sites (tertiary alicyclic amines) is 1. The minimum atomic E-state index is -0.750. The monoisotopic (exact) mass is 241 g/mol. The van der Waals surface area contributed by atoms with Crippen LogP contribution in [0.1, 0.15) is 26.2 Å². The van der Waals surface area contributed by atoms with Gasteiger partial charge >= 0.3 is 5.97 Å². The highest BCUT2D eigenvalue weighted by molar-refractivity contribution is 5.83. The van der Waals surface area contributed by atoms with Crippen molar-refractivity contribution in [1.29, 1.82) is 0 Å². The Hall–Kier alpha value is -1.10. The van der Waals surface area contributed by atoms with Crippen molar-refractivity contribution in [2.24, 2.45) is 11.3 Å². The summed E-state index contributed by atoms with van der Waals surface area (Å²) in [5.41, 5.74) is -0.691. The number of carbonyl (C=O) groups excluding carboxylic acids is 1. The molecule has 0 spiro atoms. The number of ether oxygens (including phenoxy) is 1. The Labute approximate surface area is 101 Å². The van der Waals surface area contributed by atoms with E-state index in [1.807, 2.05) is 0 Å². The zero-order valence-corrected chi connectivity index (χ0v) is 10.3. The summed E-state index contributed by atoms with van der Waals surface area (Å²) in [6.07, 6.45) is 2.08. The first kappa shape index (κ1) is 12.4. The van der Waals surface area contributed by atoms with Gasteiger partial charge < -0.3 is 14.7 Å². The van der Waals surface area contributed by atoms with Gasteiger partial charge in [-0.15, -0.1) is 0 Å². The third kappa shape index (κ3) is 1.82. The molecule has 1 heterocycles. The van der Waals surface area contributed by atoms with E-state index in [1.54, 1.807) is 11.8 Å². The second-order valence-corrected chi connectivity index (χ2v) is 5.15. The van der Waals surface area contributed by atoms with Gasteiger partial charge in [0.2, 0.25) is 0 Å². The van der Waals surface area contributed by atoms with Crippen LogP contribution < -0.4 is 0 Å². The largest absolute Gasteiger partial charge is 0.481 e. The molecule has 1 N–H and O–H groups in total. The minimum absolute atomic E-state index is 0.0949. The van der Waals surface area contributed by atoms with Crippen LogP contribution in [0.4, 0.5) is 0 Å². The molecule has 0 radical (unpaired) electrons. The molecule has 1 saturated heterocycles. The fourth-order valence-corrected chi connectivity index (χ4v) is 3.16. The molecule has 2 aliphatic rings. The van der Waals surface area contributed by atoms with E-state index >= 15 is 0 Å². The van der Waals surface area contributed by atoms with E-state index in [4.69, 9.17) is 4.74 Å². The Morgan fingerprint density at radius 3 is 2.76 bits per heavy atom. The minimum Gasteiger partial charge on any atom is -0.481 e. The highest BCUT2D eigenvalue weighted by Gasteiger charge is 2.56. The van der Waals surface area contributed by atoms with Crippen LogP contribution in [0, 0.1) is 11.3 Å². The number of amides is 1. The maximum Gasteiger partial charge on any atom is 0.311 e. The predicted octanol–water partition coefficient (Wildman–Crippen LogP) is 0.735. The van der Waals surface area contributed by atoms with E-state index in [0.29, 0.717) is 19.5 Å². The number of hydrogen-bond acceptors (Lipinski definition) is 3. The molecule has 1 saturated carbocycles. The number of rotatable bonds is 3. The van der Waals surface area contributed by atoms with E-state index in [-0.39, 0.29) is 11.8 Å². The van der Waals surface area contributed by atoms with Crippen LogP contribution in [0.3, 0.4) is 0 Å². The normalized spacial score (nSPS) is 33.5. The molecule has 1 unspecified atom stereocenters. The van der Waals surface area contributed by atoms with Crippen LogP contribution in [0.25, 0.3) is 0 Å². The molecule has 0 aromatic rings. The molecule has 0 aromatic carbocycles. The molecule has 2 fully saturated rings. The molecule has 17 heavy (non-hydrogen) atoms. The lowest BCUT2D eigenvalue weighted by Crippen LogP contribution is -2.40. The maximum atomic E-state index is 12.0. The molecule has 2 rings (SSSR count). The van der Waals surface area contributed by atoms with E-state index in [1.165, 1.54) is 7.11 Å². The first-order valence-electron chi connectivity index (χ1n) is 6.06. The van der Waals surface area contributed by atoms with Crippen LogP contribution in [0.15, 0.2) is 0 Å². The van der Waals surface area contributed by atoms with Gasteiger partial charge in [0.1, 0.15) is 6.10 Å². The molecule has 1 amide bonds. The first-order chi connectivity index (χ1) is 8.01. The maximum absolute atomic E-state index is 12.0. The summed E-state index contributed by atoms with van der Waals surface area (Å²) in [7, 11) is 1.49. The number of methoxy groups -OCH3 is 1. The van der Waals surface area contributed by atoms with E-state index in [2.05, 4.69) is 0 Å². The Kier molecular flexibility index (Phi) is 3.12. The molecule has 1 aliphatic heterocycles. The molecular formula is C12H19NO4. The summed E-state index contributed by atoms with van der Waals surface area (Å²) >= 11 is 0. The Balaban J connectivity index is 2.13. The average Bonchev–Trinajstić information content (AvgIpc) is 2.83. The van der Waals surface area contributed by atoms with Gasteiger partial charge in [0.15, 0.2) is 0 Å². The van der Waals surface area contributed by atoms with Gasteiger partial charge in [-0.1, -0.05) is 6.42 Å². The van der Waals surface area contributed by atoms with Gasteiger partial charge in [-0.05, 0) is 25.7 Å². The number of carboxylic acids is 1. The van der Waals surface area contributed by atoms with Crippen LogP contribution in [0.2, 0.25) is 0 Å². The van der Waals surface area contributed by atoms with Gasteiger partial charge in [0.05, 0.1) is 5.41 Å². The van der Waals surface area contributed by atoms with Crippen molar-refractivity contribution in [3.63, 3.8) is 0 Å². The van der Waals surface area contributed by atoms with E-state index in [0.717, 1.165) is 12.8 Å². The highest BCUT2D eigenvalue weighted by atomic mass is 16.5. The van der Waals surface area contributed by atoms with Crippen molar-refractivity contribution >= 4 is 11.9 Å². The SMILES string of the molecule is COC(C)C(=O)N1C[C@@H]2CCC[C@@]2(C(=O)O)C1. The summed E-state index contributed by atoms with van der Waals surface area (Å²) < 4.78 is 5.00. The first-order valence-corrected chi connectivity index (χ1v) is 6.06. The fraction of sp³-hybridized carbons (Fsp3) is 0.833. The molecule has 5 heteroatoms. The highest BCUT2D eigenvalue weighted by Crippen LogP contribution is 2.48. The molecular weight excluding hydrogens is 222 g/mol. The van der Waals surface area contributed by atoms with Gasteiger partial charge in [0.25, 0.3) is 5.91 Å². The quantitative estimate of drug-likeness (QED) is 0.791. The molecule has 96 valence electrons. The van der Waals surface area contributed by atoms with E-state index < -0.39 is 17.5 Å². The summed E-state index contributed by atoms with van der Waals surface area (Å²) in [6.45, 7) is 2.61. The second-order valence-electron chi connectivity index (χ2n) is 5.15. The van der Waals surface area contributed by atoms with Crippen LogP contribution in [-0.2, 0) is 14.3 Å². The van der Waals surface area contributed by atoms with E-state index in [9.17, 15) is 14.7 Å². The van der Waals surface area contributed by atoms with Crippen molar-refractivity contribution in [2.45, 2.75) is 32.3 Å². The Morgan fingerprint density at radius 1 is 1.53 bits per heavy atom. The van der Waals surface area contributed by atoms with Crippen molar-refractivity contribution in [3.05, 3.63) is 0 Å². The van der Waals surface area contributed by atoms with Gasteiger partial charge in [-0.3, -0.25) is 9.59 Å². The zero-order chi connectivity index (χ0) is 12.6. The summed E-state index contributed by atoms with van der Waals surface area (Å²) in [4.78, 5) is 25.1.